The van der Waals surface area contributed by atoms with Gasteiger partial charge in [-0.25, -0.2) is 9.59 Å². The minimum absolute atomic E-state index is 0.158. The molecule has 146 valence electrons. The van der Waals surface area contributed by atoms with Gasteiger partial charge in [-0.15, -0.1) is 0 Å². The Balaban J connectivity index is 2.97. The van der Waals surface area contributed by atoms with Gasteiger partial charge in [0.15, 0.2) is 0 Å². The van der Waals surface area contributed by atoms with Crippen molar-refractivity contribution in [2.75, 3.05) is 13.2 Å². The largest absolute Gasteiger partial charge is 0.489 e. The molecule has 2 aromatic rings. The van der Waals surface area contributed by atoms with Crippen molar-refractivity contribution in [1.82, 2.24) is 0 Å². The van der Waals surface area contributed by atoms with Gasteiger partial charge in [-0.3, -0.25) is 0 Å². The Labute approximate surface area is 160 Å². The third-order valence-electron chi connectivity index (χ3n) is 4.09. The summed E-state index contributed by atoms with van der Waals surface area (Å²) in [5.41, 5.74) is 1.21. The zero-order valence-electron chi connectivity index (χ0n) is 16.8. The van der Waals surface area contributed by atoms with E-state index in [4.69, 9.17) is 14.2 Å². The monoisotopic (exact) mass is 372 g/mol. The molecule has 0 aliphatic carbocycles. The van der Waals surface area contributed by atoms with Crippen LogP contribution in [-0.4, -0.2) is 31.3 Å². The van der Waals surface area contributed by atoms with Crippen LogP contribution in [0.25, 0.3) is 10.8 Å². The number of hydrogen-bond donors (Lipinski definition) is 0. The number of aryl methyl sites for hydroxylation is 1. The van der Waals surface area contributed by atoms with E-state index in [1.54, 1.807) is 13.8 Å². The van der Waals surface area contributed by atoms with E-state index < -0.39 is 11.9 Å². The zero-order chi connectivity index (χ0) is 20.0. The second kappa shape index (κ2) is 9.40. The average Bonchev–Trinajstić information content (AvgIpc) is 2.63. The normalized spacial score (nSPS) is 10.9. The van der Waals surface area contributed by atoms with Gasteiger partial charge < -0.3 is 14.2 Å². The summed E-state index contributed by atoms with van der Waals surface area (Å²) >= 11 is 0. The van der Waals surface area contributed by atoms with Crippen LogP contribution in [0.2, 0.25) is 0 Å². The van der Waals surface area contributed by atoms with Crippen LogP contribution >= 0.6 is 0 Å². The molecule has 2 aromatic carbocycles. The molecule has 27 heavy (non-hydrogen) atoms. The second-order valence-electron chi connectivity index (χ2n) is 6.46. The average molecular weight is 372 g/mol. The van der Waals surface area contributed by atoms with Crippen molar-refractivity contribution in [3.63, 3.8) is 0 Å². The molecule has 0 saturated heterocycles. The molecule has 0 radical (unpaired) electrons. The second-order valence-corrected chi connectivity index (χ2v) is 6.46. The Morgan fingerprint density at radius 3 is 1.96 bits per heavy atom. The molecular weight excluding hydrogens is 344 g/mol. The summed E-state index contributed by atoms with van der Waals surface area (Å²) in [6.07, 6.45) is 1.29. The van der Waals surface area contributed by atoms with Crippen molar-refractivity contribution in [3.8, 4) is 5.75 Å². The highest BCUT2D eigenvalue weighted by Crippen LogP contribution is 2.38. The highest BCUT2D eigenvalue weighted by atomic mass is 16.5. The van der Waals surface area contributed by atoms with Crippen LogP contribution in [0.15, 0.2) is 24.3 Å². The van der Waals surface area contributed by atoms with E-state index in [2.05, 4.69) is 0 Å². The van der Waals surface area contributed by atoms with Crippen LogP contribution in [0.1, 0.15) is 67.3 Å². The van der Waals surface area contributed by atoms with Gasteiger partial charge in [0.25, 0.3) is 0 Å². The highest BCUT2D eigenvalue weighted by Gasteiger charge is 2.30. The van der Waals surface area contributed by atoms with Crippen LogP contribution in [0.4, 0.5) is 0 Å². The third-order valence-corrected chi connectivity index (χ3v) is 4.09. The zero-order valence-corrected chi connectivity index (χ0v) is 16.8. The number of esters is 2. The van der Waals surface area contributed by atoms with Crippen LogP contribution in [0.5, 0.6) is 5.75 Å². The van der Waals surface area contributed by atoms with Gasteiger partial charge in [-0.2, -0.15) is 0 Å². The van der Waals surface area contributed by atoms with Crippen LogP contribution in [0.3, 0.4) is 0 Å². The van der Waals surface area contributed by atoms with Crippen LogP contribution in [-0.2, 0) is 15.9 Å². The van der Waals surface area contributed by atoms with Gasteiger partial charge in [0.1, 0.15) is 11.3 Å². The smallest absolute Gasteiger partial charge is 0.342 e. The maximum Gasteiger partial charge on any atom is 0.342 e. The molecule has 5 heteroatoms. The minimum atomic E-state index is -0.570. The van der Waals surface area contributed by atoms with Gasteiger partial charge in [0, 0.05) is 5.39 Å². The van der Waals surface area contributed by atoms with E-state index in [9.17, 15) is 9.59 Å². The summed E-state index contributed by atoms with van der Waals surface area (Å²) in [5.74, 6) is -0.718. The summed E-state index contributed by atoms with van der Waals surface area (Å²) in [4.78, 5) is 25.7. The summed E-state index contributed by atoms with van der Waals surface area (Å²) in [5, 5.41) is 1.69. The molecule has 0 atom stereocenters. The lowest BCUT2D eigenvalue weighted by molar-refractivity contribution is 0.0473. The number of ether oxygens (including phenoxy) is 3. The van der Waals surface area contributed by atoms with Gasteiger partial charge in [-0.1, -0.05) is 37.6 Å². The summed E-state index contributed by atoms with van der Waals surface area (Å²) in [7, 11) is 0. The fourth-order valence-corrected chi connectivity index (χ4v) is 3.17. The molecule has 0 aliphatic heterocycles. The fourth-order valence-electron chi connectivity index (χ4n) is 3.17. The first-order valence-electron chi connectivity index (χ1n) is 9.54. The quantitative estimate of drug-likeness (QED) is 0.615. The van der Waals surface area contributed by atoms with Crippen molar-refractivity contribution < 1.29 is 23.8 Å². The van der Waals surface area contributed by atoms with Crippen LogP contribution in [0, 0.1) is 0 Å². The lowest BCUT2D eigenvalue weighted by atomic mass is 9.90. The molecule has 0 fully saturated rings. The minimum Gasteiger partial charge on any atom is -0.489 e. The van der Waals surface area contributed by atoms with Crippen molar-refractivity contribution in [2.45, 2.75) is 53.6 Å². The Hall–Kier alpha value is -2.56. The van der Waals surface area contributed by atoms with E-state index in [0.29, 0.717) is 12.2 Å². The highest BCUT2D eigenvalue weighted by molar-refractivity contribution is 6.13. The number of carbonyl (C=O) groups is 2. The summed E-state index contributed by atoms with van der Waals surface area (Å²) in [6, 6.07) is 7.67. The molecule has 0 N–H and O–H groups in total. The van der Waals surface area contributed by atoms with E-state index in [-0.39, 0.29) is 30.4 Å². The summed E-state index contributed by atoms with van der Waals surface area (Å²) in [6.45, 7) is 9.71. The number of carbonyl (C=O) groups excluding carboxylic acids is 2. The fraction of sp³-hybridized carbons (Fsp3) is 0.455. The first kappa shape index (κ1) is 20.7. The SMILES string of the molecule is CCCc1c(C(=O)OCC)c(C(=O)OCC)c(OC(C)C)c2ccccc12. The topological polar surface area (TPSA) is 61.8 Å². The molecule has 0 amide bonds. The molecule has 0 saturated carbocycles. The molecule has 5 nitrogen and oxygen atoms in total. The molecule has 0 spiro atoms. The third kappa shape index (κ3) is 4.41. The number of benzene rings is 2. The maximum absolute atomic E-state index is 12.9. The van der Waals surface area contributed by atoms with Crippen LogP contribution < -0.4 is 4.74 Å². The van der Waals surface area contributed by atoms with Gasteiger partial charge in [0.2, 0.25) is 0 Å². The van der Waals surface area contributed by atoms with Crippen molar-refractivity contribution >= 4 is 22.7 Å². The lowest BCUT2D eigenvalue weighted by Crippen LogP contribution is -2.20. The van der Waals surface area contributed by atoms with E-state index in [0.717, 1.165) is 22.8 Å². The van der Waals surface area contributed by atoms with Crippen molar-refractivity contribution in [2.24, 2.45) is 0 Å². The molecule has 0 aliphatic rings. The maximum atomic E-state index is 12.9. The van der Waals surface area contributed by atoms with E-state index >= 15 is 0 Å². The Bertz CT molecular complexity index is 823. The van der Waals surface area contributed by atoms with Crippen molar-refractivity contribution in [1.29, 1.82) is 0 Å². The van der Waals surface area contributed by atoms with E-state index in [1.807, 2.05) is 45.0 Å². The molecule has 0 heterocycles. The number of fused-ring (bicyclic) bond motifs is 1. The van der Waals surface area contributed by atoms with Gasteiger partial charge in [-0.05, 0) is 45.1 Å². The van der Waals surface area contributed by atoms with Gasteiger partial charge in [0.05, 0.1) is 24.9 Å². The predicted octanol–water partition coefficient (Wildman–Crippen LogP) is 4.93. The van der Waals surface area contributed by atoms with E-state index in [1.165, 1.54) is 0 Å². The first-order chi connectivity index (χ1) is 13.0. The molecule has 2 rings (SSSR count). The number of rotatable bonds is 8. The lowest BCUT2D eigenvalue weighted by Gasteiger charge is -2.22. The molecule has 0 unspecified atom stereocenters. The Morgan fingerprint density at radius 2 is 1.44 bits per heavy atom. The first-order valence-corrected chi connectivity index (χ1v) is 9.54. The molecule has 0 aromatic heterocycles. The van der Waals surface area contributed by atoms with Crippen molar-refractivity contribution in [3.05, 3.63) is 41.0 Å². The van der Waals surface area contributed by atoms with Gasteiger partial charge >= 0.3 is 11.9 Å². The predicted molar refractivity (Wildman–Crippen MR) is 106 cm³/mol. The standard InChI is InChI=1S/C22H28O5/c1-6-11-16-15-12-9-10-13-17(15)20(27-14(4)5)19(22(24)26-8-3)18(16)21(23)25-7-2/h9-10,12-14H,6-8,11H2,1-5H3. The Kier molecular flexibility index (Phi) is 7.22. The number of hydrogen-bond acceptors (Lipinski definition) is 5. The Morgan fingerprint density at radius 1 is 0.889 bits per heavy atom. The molecule has 0 bridgehead atoms. The summed E-state index contributed by atoms with van der Waals surface area (Å²) < 4.78 is 16.6. The molecular formula is C22H28O5.